The fourth-order valence-corrected chi connectivity index (χ4v) is 7.48. The summed E-state index contributed by atoms with van der Waals surface area (Å²) in [6, 6.07) is 26.7. The molecule has 1 aliphatic rings. The molecule has 0 saturated heterocycles. The number of ether oxygens (including phenoxy) is 6. The minimum atomic E-state index is -1.23. The van der Waals surface area contributed by atoms with Gasteiger partial charge in [0.1, 0.15) is 37.9 Å². The van der Waals surface area contributed by atoms with Gasteiger partial charge in [-0.15, -0.1) is 11.6 Å². The second kappa shape index (κ2) is 46.1. The van der Waals surface area contributed by atoms with E-state index in [4.69, 9.17) is 31.2 Å². The van der Waals surface area contributed by atoms with Gasteiger partial charge in [-0.25, -0.2) is 14.4 Å². The molecular formula is C61H85ClN6O22S3. The molecule has 0 aliphatic heterocycles. The van der Waals surface area contributed by atoms with Crippen LogP contribution in [0.1, 0.15) is 61.4 Å². The number of fused-ring (bicyclic) bond motifs is 3. The Morgan fingerprint density at radius 2 is 0.903 bits per heavy atom. The van der Waals surface area contributed by atoms with E-state index in [2.05, 4.69) is 76.1 Å². The van der Waals surface area contributed by atoms with Crippen molar-refractivity contribution in [1.82, 2.24) is 21.3 Å². The molecule has 0 heterocycles. The molecule has 1 aliphatic carbocycles. The van der Waals surface area contributed by atoms with E-state index >= 15 is 0 Å². The lowest BCUT2D eigenvalue weighted by molar-refractivity contribution is -0.141. The highest BCUT2D eigenvalue weighted by molar-refractivity contribution is 7.59. The van der Waals surface area contributed by atoms with Crippen LogP contribution in [0.5, 0.6) is 34.5 Å². The summed E-state index contributed by atoms with van der Waals surface area (Å²) in [5, 5.41) is 74.1. The molecule has 15 N–H and O–H groups in total. The Morgan fingerprint density at radius 1 is 0.527 bits per heavy atom. The van der Waals surface area contributed by atoms with E-state index in [1.807, 2.05) is 24.3 Å². The number of carboxylic acid groups (broad SMARTS) is 1. The molecule has 0 spiro atoms. The number of hydrogen-bond acceptors (Lipinski definition) is 23. The molecule has 6 rings (SSSR count). The number of carbonyl (C=O) groups is 9. The van der Waals surface area contributed by atoms with Crippen molar-refractivity contribution in [2.24, 2.45) is 17.4 Å². The highest BCUT2D eigenvalue weighted by atomic mass is 35.5. The van der Waals surface area contributed by atoms with Crippen molar-refractivity contribution < 1.29 is 107 Å². The average Bonchev–Trinajstić information content (AvgIpc) is 1.63. The maximum absolute atomic E-state index is 11.7. The number of methoxy groups -OCH3 is 4. The summed E-state index contributed by atoms with van der Waals surface area (Å²) in [6.07, 6.45) is 0.513. The fourth-order valence-electron chi connectivity index (χ4n) is 7.48. The van der Waals surface area contributed by atoms with Crippen molar-refractivity contribution in [3.05, 3.63) is 131 Å². The predicted octanol–water partition coefficient (Wildman–Crippen LogP) is 4.45. The predicted molar refractivity (Wildman–Crippen MR) is 357 cm³/mol. The van der Waals surface area contributed by atoms with Crippen molar-refractivity contribution >= 4 is 106 Å². The number of rotatable bonds is 19. The maximum Gasteiger partial charge on any atom is 0.408 e. The van der Waals surface area contributed by atoms with Crippen LogP contribution in [-0.2, 0) is 81.2 Å². The van der Waals surface area contributed by atoms with Gasteiger partial charge >= 0.3 is 42.0 Å². The third-order valence-corrected chi connectivity index (χ3v) is 11.9. The van der Waals surface area contributed by atoms with Gasteiger partial charge in [0.15, 0.2) is 34.5 Å². The lowest BCUT2D eigenvalue weighted by atomic mass is 9.98. The Bertz CT molecular complexity index is 3060. The van der Waals surface area contributed by atoms with E-state index in [9.17, 15) is 68.7 Å². The number of esters is 4. The summed E-state index contributed by atoms with van der Waals surface area (Å²) in [4.78, 5) is 100. The largest absolute Gasteiger partial charge is 0.504 e. The van der Waals surface area contributed by atoms with Crippen LogP contribution in [-0.4, -0.2) is 175 Å². The minimum Gasteiger partial charge on any atom is -0.504 e. The molecule has 0 radical (unpaired) electrons. The Labute approximate surface area is 563 Å². The fraction of sp³-hybridized carbons (Fsp3) is 0.361. The van der Waals surface area contributed by atoms with Crippen LogP contribution in [0.2, 0.25) is 0 Å². The zero-order valence-electron chi connectivity index (χ0n) is 52.6. The SMILES string of the molecule is CC(C)(C)OC(=O)N[C@@H](Cc1ccc(O)c(O)c1)C(=O)O.CCl.COC(=O)CN.COC(=O)CNC(=O)OCC1c2ccccc2-c2ccccc21.COC(=O)CNC(=O)[C@@H](C)Cc1ccc(O)c(O)c1.COC(=O)CNC(=O)[C@@H](N)Cc1ccc(O)c(O)c1.S.S.S. The zero-order chi connectivity index (χ0) is 68.3. The number of aromatic hydroxyl groups is 6. The average molecular weight is 1390 g/mol. The number of hydrogen-bond donors (Lipinski definition) is 13. The van der Waals surface area contributed by atoms with Crippen LogP contribution in [0, 0.1) is 5.92 Å². The summed E-state index contributed by atoms with van der Waals surface area (Å²) < 4.78 is 27.7. The van der Waals surface area contributed by atoms with Crippen molar-refractivity contribution in [2.45, 2.75) is 70.6 Å². The second-order valence-electron chi connectivity index (χ2n) is 19.7. The molecular weight excluding hydrogens is 1300 g/mol. The number of carboxylic acids is 1. The summed E-state index contributed by atoms with van der Waals surface area (Å²) in [7, 11) is 5.03. The molecule has 3 atom stereocenters. The van der Waals surface area contributed by atoms with E-state index in [1.54, 1.807) is 39.8 Å². The quantitative estimate of drug-likeness (QED) is 0.0235. The maximum atomic E-state index is 11.7. The van der Waals surface area contributed by atoms with Crippen LogP contribution in [0.25, 0.3) is 11.1 Å². The van der Waals surface area contributed by atoms with Gasteiger partial charge in [-0.1, -0.05) is 73.7 Å². The number of phenolic OH excluding ortho intramolecular Hbond substituents is 6. The number of carbonyl (C=O) groups excluding carboxylic acids is 8. The topological polar surface area (TPSA) is 451 Å². The first kappa shape index (κ1) is 88.2. The molecule has 32 heteroatoms. The van der Waals surface area contributed by atoms with Crippen molar-refractivity contribution in [3.63, 3.8) is 0 Å². The number of alkyl halides is 1. The van der Waals surface area contributed by atoms with Gasteiger partial charge < -0.3 is 96.9 Å². The standard InChI is InChI=1S/C18H17NO4.C14H19NO6.C13H17NO5.C12H16N2O5.C3H7NO2.CH3Cl.3H2S/c1-22-17(20)10-19-18(21)23-11-16-14-8-4-2-6-12(14)13-7-3-5-9-15(13)16;1-14(2,3)21-13(20)15-9(12(18)19)6-8-4-5-10(16)11(17)7-8;1-8(13(18)14-7-12(17)19-2)5-9-3-4-10(15)11(16)6-9;1-19-11(17)6-14-12(18)8(13)4-7-2-3-9(15)10(16)5-7;1-6-3(5)2-4;1-2;;;/h2-9,16H,10-11H2,1H3,(H,19,21);4-5,7,9,16-17H,6H2,1-3H3,(H,15,20)(H,18,19);3-4,6,8,15-16H,5,7H2,1-2H3,(H,14,18);2-3,5,8,15-16H,4,6,13H2,1H3,(H,14,18);2,4H2,1H3;1H3;3*1H2/t;9-;2*8-;;;;;/m.000...../s1. The van der Waals surface area contributed by atoms with E-state index in [1.165, 1.54) is 88.4 Å². The number of benzene rings is 5. The van der Waals surface area contributed by atoms with Gasteiger partial charge in [-0.3, -0.25) is 28.8 Å². The number of halogens is 1. The molecule has 0 unspecified atom stereocenters. The second-order valence-corrected chi connectivity index (χ2v) is 19.7. The van der Waals surface area contributed by atoms with Gasteiger partial charge in [0.25, 0.3) is 0 Å². The van der Waals surface area contributed by atoms with Gasteiger partial charge in [0, 0.05) is 24.6 Å². The summed E-state index contributed by atoms with van der Waals surface area (Å²) in [5.74, 6) is -5.94. The highest BCUT2D eigenvalue weighted by Crippen LogP contribution is 2.44. The summed E-state index contributed by atoms with van der Waals surface area (Å²) >= 11 is 4.64. The third kappa shape index (κ3) is 33.8. The summed E-state index contributed by atoms with van der Waals surface area (Å²) in [5.41, 5.74) is 16.1. The first-order chi connectivity index (χ1) is 42.5. The van der Waals surface area contributed by atoms with Crippen molar-refractivity contribution in [1.29, 1.82) is 0 Å². The molecule has 5 aromatic rings. The Kier molecular flexibility index (Phi) is 43.7. The van der Waals surface area contributed by atoms with E-state index in [0.29, 0.717) is 17.5 Å². The van der Waals surface area contributed by atoms with Crippen LogP contribution in [0.3, 0.4) is 0 Å². The molecule has 0 bridgehead atoms. The van der Waals surface area contributed by atoms with Crippen LogP contribution < -0.4 is 32.7 Å². The number of amides is 4. The van der Waals surface area contributed by atoms with Crippen molar-refractivity contribution in [3.8, 4) is 45.6 Å². The van der Waals surface area contributed by atoms with Crippen LogP contribution in [0.15, 0.2) is 103 Å². The van der Waals surface area contributed by atoms with Crippen LogP contribution in [0.4, 0.5) is 9.59 Å². The van der Waals surface area contributed by atoms with Gasteiger partial charge in [0.2, 0.25) is 11.8 Å². The lowest BCUT2D eigenvalue weighted by Gasteiger charge is -2.22. The normalized spacial score (nSPS) is 11.2. The molecule has 5 aromatic carbocycles. The molecule has 93 heavy (non-hydrogen) atoms. The number of nitrogens with one attached hydrogen (secondary N) is 4. The number of alkyl carbamates (subject to hydrolysis) is 2. The minimum absolute atomic E-state index is 0. The molecule has 0 saturated carbocycles. The highest BCUT2D eigenvalue weighted by Gasteiger charge is 2.29. The number of phenols is 6. The van der Waals surface area contributed by atoms with E-state index < -0.39 is 59.7 Å². The third-order valence-electron chi connectivity index (χ3n) is 11.9. The summed E-state index contributed by atoms with van der Waals surface area (Å²) in [6.45, 7) is 6.28. The molecule has 4 amide bonds. The monoisotopic (exact) mass is 1380 g/mol. The van der Waals surface area contributed by atoms with E-state index in [0.717, 1.165) is 16.7 Å². The Hall–Kier alpha value is -9.01. The Balaban J connectivity index is -0.00000111. The first-order valence-corrected chi connectivity index (χ1v) is 27.7. The van der Waals surface area contributed by atoms with Crippen LogP contribution >= 0.6 is 52.1 Å². The smallest absolute Gasteiger partial charge is 0.408 e. The lowest BCUT2D eigenvalue weighted by Crippen LogP contribution is -2.44. The van der Waals surface area contributed by atoms with Gasteiger partial charge in [0.05, 0.1) is 41.0 Å². The Morgan fingerprint density at radius 3 is 1.27 bits per heavy atom. The first-order valence-electron chi connectivity index (χ1n) is 27.0. The van der Waals surface area contributed by atoms with Gasteiger partial charge in [-0.05, 0) is 109 Å². The molecule has 28 nitrogen and oxygen atoms in total. The molecule has 0 aromatic heterocycles. The molecule has 0 fully saturated rings. The van der Waals surface area contributed by atoms with E-state index in [-0.39, 0.29) is 144 Å². The molecule has 516 valence electrons. The van der Waals surface area contributed by atoms with Gasteiger partial charge in [-0.2, -0.15) is 40.5 Å². The number of nitrogens with two attached hydrogens (primary N) is 2. The number of aliphatic carboxylic acids is 1. The zero-order valence-corrected chi connectivity index (χ0v) is 56.3. The van der Waals surface area contributed by atoms with Crippen molar-refractivity contribution in [2.75, 3.05) is 67.6 Å².